The zero-order valence-electron chi connectivity index (χ0n) is 13.9. The van der Waals surface area contributed by atoms with Crippen LogP contribution in [0.15, 0.2) is 36.5 Å². The summed E-state index contributed by atoms with van der Waals surface area (Å²) in [5.41, 5.74) is 2.87. The molecule has 1 N–H and O–H groups in total. The van der Waals surface area contributed by atoms with Crippen molar-refractivity contribution in [2.75, 3.05) is 0 Å². The van der Waals surface area contributed by atoms with Crippen LogP contribution in [0.2, 0.25) is 0 Å². The monoisotopic (exact) mass is 310 g/mol. The molecule has 1 aliphatic rings. The molecule has 1 aromatic heterocycles. The zero-order valence-corrected chi connectivity index (χ0v) is 13.9. The van der Waals surface area contributed by atoms with Crippen LogP contribution in [0.5, 0.6) is 0 Å². The molecule has 3 nitrogen and oxygen atoms in total. The number of benzene rings is 1. The van der Waals surface area contributed by atoms with Gasteiger partial charge in [0.2, 0.25) is 0 Å². The topological polar surface area (TPSA) is 45.8 Å². The number of Topliss-reactive ketones (excluding diaryl/α,β-unsaturated/α-hetero) is 1. The van der Waals surface area contributed by atoms with Crippen LogP contribution in [0.3, 0.4) is 0 Å². The lowest BCUT2D eigenvalue weighted by Gasteiger charge is -2.28. The van der Waals surface area contributed by atoms with Gasteiger partial charge in [-0.2, -0.15) is 5.10 Å². The molecule has 0 bridgehead atoms. The molecule has 2 unspecified atom stereocenters. The van der Waals surface area contributed by atoms with Crippen molar-refractivity contribution in [2.24, 2.45) is 11.8 Å². The molecule has 3 rings (SSSR count). The molecule has 0 saturated heterocycles. The highest BCUT2D eigenvalue weighted by molar-refractivity contribution is 5.96. The number of nitrogens with zero attached hydrogens (tertiary/aromatic N) is 1. The largest absolute Gasteiger partial charge is 0.294 e. The van der Waals surface area contributed by atoms with Crippen molar-refractivity contribution in [2.45, 2.75) is 51.9 Å². The molecule has 1 aliphatic carbocycles. The molecule has 122 valence electrons. The molecule has 23 heavy (non-hydrogen) atoms. The van der Waals surface area contributed by atoms with Crippen LogP contribution in [0.1, 0.15) is 62.2 Å². The Labute approximate surface area is 138 Å². The Morgan fingerprint density at radius 1 is 1.17 bits per heavy atom. The van der Waals surface area contributed by atoms with Crippen LogP contribution in [-0.4, -0.2) is 16.0 Å². The second kappa shape index (κ2) is 7.58. The van der Waals surface area contributed by atoms with Gasteiger partial charge in [0.25, 0.3) is 0 Å². The summed E-state index contributed by atoms with van der Waals surface area (Å²) in [6.45, 7) is 2.37. The lowest BCUT2D eigenvalue weighted by molar-refractivity contribution is 0.0974. The van der Waals surface area contributed by atoms with E-state index < -0.39 is 0 Å². The number of carbonyl (C=O) groups excluding carboxylic acids is 1. The van der Waals surface area contributed by atoms with Gasteiger partial charge in [0, 0.05) is 18.2 Å². The number of H-pyrrole nitrogens is 1. The van der Waals surface area contributed by atoms with Crippen molar-refractivity contribution < 1.29 is 4.79 Å². The van der Waals surface area contributed by atoms with E-state index in [-0.39, 0.29) is 5.78 Å². The molecule has 2 atom stereocenters. The molecular formula is C20H26N2O. The molecule has 0 spiro atoms. The first-order valence-electron chi connectivity index (χ1n) is 8.87. The molecule has 0 amide bonds. The van der Waals surface area contributed by atoms with Crippen molar-refractivity contribution in [1.82, 2.24) is 10.2 Å². The maximum atomic E-state index is 12.3. The van der Waals surface area contributed by atoms with E-state index in [1.165, 1.54) is 32.1 Å². The molecule has 1 heterocycles. The van der Waals surface area contributed by atoms with Gasteiger partial charge in [-0.1, -0.05) is 56.9 Å². The fraction of sp³-hybridized carbons (Fsp3) is 0.500. The van der Waals surface area contributed by atoms with Crippen LogP contribution < -0.4 is 0 Å². The lowest BCUT2D eigenvalue weighted by Crippen LogP contribution is -2.16. The predicted molar refractivity (Wildman–Crippen MR) is 93.3 cm³/mol. The third-order valence-corrected chi connectivity index (χ3v) is 5.29. The van der Waals surface area contributed by atoms with Crippen molar-refractivity contribution in [3.8, 4) is 11.3 Å². The molecule has 3 heteroatoms. The number of rotatable bonds is 6. The normalized spacial score (nSPS) is 21.3. The smallest absolute Gasteiger partial charge is 0.162 e. The predicted octanol–water partition coefficient (Wildman–Crippen LogP) is 5.26. The van der Waals surface area contributed by atoms with Crippen LogP contribution in [0.4, 0.5) is 0 Å². The molecule has 1 saturated carbocycles. The zero-order chi connectivity index (χ0) is 16.1. The van der Waals surface area contributed by atoms with E-state index in [2.05, 4.69) is 17.1 Å². The first-order valence-corrected chi connectivity index (χ1v) is 8.87. The van der Waals surface area contributed by atoms with Crippen molar-refractivity contribution in [3.05, 3.63) is 42.1 Å². The van der Waals surface area contributed by atoms with E-state index in [4.69, 9.17) is 0 Å². The number of carbonyl (C=O) groups is 1. The van der Waals surface area contributed by atoms with Gasteiger partial charge < -0.3 is 0 Å². The number of hydrogen-bond acceptors (Lipinski definition) is 2. The Kier molecular flexibility index (Phi) is 5.27. The van der Waals surface area contributed by atoms with Gasteiger partial charge in [-0.05, 0) is 36.3 Å². The van der Waals surface area contributed by atoms with E-state index in [1.807, 2.05) is 30.3 Å². The van der Waals surface area contributed by atoms with Crippen LogP contribution >= 0.6 is 0 Å². The van der Waals surface area contributed by atoms with Crippen molar-refractivity contribution in [1.29, 1.82) is 0 Å². The first-order chi connectivity index (χ1) is 11.2. The Balaban J connectivity index is 1.50. The highest BCUT2D eigenvalue weighted by Gasteiger charge is 2.21. The molecule has 1 aromatic carbocycles. The number of hydrogen-bond donors (Lipinski definition) is 1. The lowest BCUT2D eigenvalue weighted by atomic mass is 9.78. The summed E-state index contributed by atoms with van der Waals surface area (Å²) in [7, 11) is 0. The minimum Gasteiger partial charge on any atom is -0.294 e. The standard InChI is InChI=1S/C20H26N2O/c1-15-5-2-3-6-16(15)7-4-8-20(23)18-11-9-17(10-12-18)19-13-14-21-22-19/h9-16H,2-8H2,1H3,(H,21,22). The Hall–Kier alpha value is -1.90. The number of aromatic nitrogens is 2. The molecule has 1 fully saturated rings. The van der Waals surface area contributed by atoms with E-state index in [1.54, 1.807) is 6.20 Å². The van der Waals surface area contributed by atoms with Gasteiger partial charge >= 0.3 is 0 Å². The third kappa shape index (κ3) is 4.10. The highest BCUT2D eigenvalue weighted by atomic mass is 16.1. The number of aromatic amines is 1. The summed E-state index contributed by atoms with van der Waals surface area (Å²) in [4.78, 5) is 12.3. The van der Waals surface area contributed by atoms with Crippen molar-refractivity contribution in [3.63, 3.8) is 0 Å². The van der Waals surface area contributed by atoms with E-state index in [9.17, 15) is 4.79 Å². The third-order valence-electron chi connectivity index (χ3n) is 5.29. The maximum Gasteiger partial charge on any atom is 0.162 e. The van der Waals surface area contributed by atoms with Gasteiger partial charge in [0.05, 0.1) is 5.69 Å². The summed E-state index contributed by atoms with van der Waals surface area (Å²) < 4.78 is 0. The quantitative estimate of drug-likeness (QED) is 0.740. The highest BCUT2D eigenvalue weighted by Crippen LogP contribution is 2.33. The summed E-state index contributed by atoms with van der Waals surface area (Å²) in [5.74, 6) is 1.94. The molecule has 2 aromatic rings. The maximum absolute atomic E-state index is 12.3. The first kappa shape index (κ1) is 16.0. The van der Waals surface area contributed by atoms with Crippen LogP contribution in [0.25, 0.3) is 11.3 Å². The average molecular weight is 310 g/mol. The van der Waals surface area contributed by atoms with E-state index >= 15 is 0 Å². The fourth-order valence-electron chi connectivity index (χ4n) is 3.74. The molecular weight excluding hydrogens is 284 g/mol. The van der Waals surface area contributed by atoms with E-state index in [0.717, 1.165) is 35.1 Å². The second-order valence-corrected chi connectivity index (χ2v) is 6.88. The van der Waals surface area contributed by atoms with Gasteiger partial charge in [-0.3, -0.25) is 9.89 Å². The minimum atomic E-state index is 0.268. The Morgan fingerprint density at radius 3 is 2.65 bits per heavy atom. The minimum absolute atomic E-state index is 0.268. The van der Waals surface area contributed by atoms with Gasteiger partial charge in [-0.15, -0.1) is 0 Å². The Bertz CT molecular complexity index is 616. The van der Waals surface area contributed by atoms with Crippen LogP contribution in [0, 0.1) is 11.8 Å². The van der Waals surface area contributed by atoms with Gasteiger partial charge in [-0.25, -0.2) is 0 Å². The SMILES string of the molecule is CC1CCCCC1CCCC(=O)c1ccc(-c2ccn[nH]2)cc1. The Morgan fingerprint density at radius 2 is 1.96 bits per heavy atom. The summed E-state index contributed by atoms with van der Waals surface area (Å²) in [6, 6.07) is 9.78. The van der Waals surface area contributed by atoms with Gasteiger partial charge in [0.1, 0.15) is 0 Å². The van der Waals surface area contributed by atoms with Crippen LogP contribution in [-0.2, 0) is 0 Å². The summed E-state index contributed by atoms with van der Waals surface area (Å²) >= 11 is 0. The van der Waals surface area contributed by atoms with E-state index in [0.29, 0.717) is 6.42 Å². The fourth-order valence-corrected chi connectivity index (χ4v) is 3.74. The average Bonchev–Trinajstić information content (AvgIpc) is 3.11. The molecule has 0 aliphatic heterocycles. The molecule has 0 radical (unpaired) electrons. The second-order valence-electron chi connectivity index (χ2n) is 6.88. The van der Waals surface area contributed by atoms with Crippen molar-refractivity contribution >= 4 is 5.78 Å². The summed E-state index contributed by atoms with van der Waals surface area (Å²) in [5, 5.41) is 6.90. The number of ketones is 1. The number of nitrogens with one attached hydrogen (secondary N) is 1. The van der Waals surface area contributed by atoms with Gasteiger partial charge in [0.15, 0.2) is 5.78 Å². The summed E-state index contributed by atoms with van der Waals surface area (Å²) in [6.07, 6.45) is 10.1.